The maximum Gasteiger partial charge on any atom is 0.339 e. The third kappa shape index (κ3) is 2.86. The summed E-state index contributed by atoms with van der Waals surface area (Å²) in [6.07, 6.45) is 0. The number of carboxylic acids is 1. The molecule has 1 N–H and O–H groups in total. The molecule has 1 aliphatic heterocycles. The molecule has 0 amide bonds. The Hall–Kier alpha value is -1.64. The Morgan fingerprint density at radius 1 is 1.47 bits per heavy atom. The first-order chi connectivity index (χ1) is 8.94. The average molecular weight is 287 g/mol. The molecule has 0 bridgehead atoms. The summed E-state index contributed by atoms with van der Waals surface area (Å²) in [5, 5.41) is 8.97. The molecule has 0 radical (unpaired) electrons. The van der Waals surface area contributed by atoms with Gasteiger partial charge in [0.25, 0.3) is 0 Å². The molecule has 1 atom stereocenters. The van der Waals surface area contributed by atoms with Gasteiger partial charge < -0.3 is 9.84 Å². The Kier molecular flexibility index (Phi) is 3.74. The van der Waals surface area contributed by atoms with Gasteiger partial charge in [-0.1, -0.05) is 12.1 Å². The van der Waals surface area contributed by atoms with E-state index >= 15 is 0 Å². The van der Waals surface area contributed by atoms with Crippen molar-refractivity contribution in [3.8, 4) is 5.75 Å². The van der Waals surface area contributed by atoms with Crippen LogP contribution in [0.5, 0.6) is 5.75 Å². The molecule has 0 aliphatic carbocycles. The van der Waals surface area contributed by atoms with Crippen LogP contribution in [0.1, 0.15) is 5.56 Å². The van der Waals surface area contributed by atoms with E-state index in [1.165, 1.54) is 7.11 Å². The van der Waals surface area contributed by atoms with Gasteiger partial charge in [-0.3, -0.25) is 8.98 Å². The quantitative estimate of drug-likeness (QED) is 0.852. The van der Waals surface area contributed by atoms with Crippen molar-refractivity contribution in [2.24, 2.45) is 0 Å². The molecular formula is C11H13NO6S. The van der Waals surface area contributed by atoms with Gasteiger partial charge in [0, 0.05) is 6.54 Å². The second-order valence-corrected chi connectivity index (χ2v) is 5.55. The highest BCUT2D eigenvalue weighted by Gasteiger charge is 2.42. The number of benzene rings is 1. The Balaban J connectivity index is 2.21. The molecule has 19 heavy (non-hydrogen) atoms. The van der Waals surface area contributed by atoms with E-state index in [0.717, 1.165) is 4.31 Å². The lowest BCUT2D eigenvalue weighted by atomic mass is 10.2. The van der Waals surface area contributed by atoms with E-state index in [4.69, 9.17) is 9.84 Å². The van der Waals surface area contributed by atoms with Crippen LogP contribution >= 0.6 is 0 Å². The smallest absolute Gasteiger partial charge is 0.339 e. The van der Waals surface area contributed by atoms with Crippen LogP contribution in [0.2, 0.25) is 0 Å². The molecule has 0 unspecified atom stereocenters. The number of ether oxygens (including phenoxy) is 1. The van der Waals surface area contributed by atoms with Gasteiger partial charge in [-0.25, -0.2) is 0 Å². The fourth-order valence-corrected chi connectivity index (χ4v) is 2.96. The van der Waals surface area contributed by atoms with Crippen LogP contribution in [-0.2, 0) is 25.8 Å². The fraction of sp³-hybridized carbons (Fsp3) is 0.364. The van der Waals surface area contributed by atoms with Gasteiger partial charge in [-0.15, -0.1) is 0 Å². The normalized spacial score (nSPS) is 22.3. The van der Waals surface area contributed by atoms with E-state index < -0.39 is 22.3 Å². The highest BCUT2D eigenvalue weighted by Crippen LogP contribution is 2.23. The first-order valence-corrected chi connectivity index (χ1v) is 6.82. The first-order valence-electron chi connectivity index (χ1n) is 5.46. The molecule has 1 aromatic rings. The first kappa shape index (κ1) is 13.8. The third-order valence-corrected chi connectivity index (χ3v) is 4.18. The lowest BCUT2D eigenvalue weighted by Crippen LogP contribution is -2.39. The molecule has 7 nitrogen and oxygen atoms in total. The monoisotopic (exact) mass is 287 g/mol. The van der Waals surface area contributed by atoms with Crippen LogP contribution in [0.3, 0.4) is 0 Å². The molecular weight excluding hydrogens is 274 g/mol. The average Bonchev–Trinajstić information content (AvgIpc) is 2.66. The Bertz CT molecular complexity index is 567. The van der Waals surface area contributed by atoms with Crippen LogP contribution < -0.4 is 4.74 Å². The number of carboxylic acid groups (broad SMARTS) is 1. The summed E-state index contributed by atoms with van der Waals surface area (Å²) in [6, 6.07) is 5.51. The van der Waals surface area contributed by atoms with Crippen molar-refractivity contribution in [2.75, 3.05) is 13.7 Å². The highest BCUT2D eigenvalue weighted by molar-refractivity contribution is 7.84. The summed E-state index contributed by atoms with van der Waals surface area (Å²) < 4.78 is 33.6. The molecule has 0 spiro atoms. The van der Waals surface area contributed by atoms with Crippen LogP contribution in [-0.4, -0.2) is 43.6 Å². The van der Waals surface area contributed by atoms with Gasteiger partial charge in [0.15, 0.2) is 0 Å². The summed E-state index contributed by atoms with van der Waals surface area (Å²) in [6.45, 7) is -0.420. The van der Waals surface area contributed by atoms with Crippen molar-refractivity contribution in [3.05, 3.63) is 29.8 Å². The van der Waals surface area contributed by atoms with Crippen LogP contribution in [0, 0.1) is 0 Å². The maximum atomic E-state index is 11.6. The van der Waals surface area contributed by atoms with Crippen molar-refractivity contribution in [1.82, 2.24) is 4.31 Å². The number of rotatable bonds is 4. The molecule has 8 heteroatoms. The van der Waals surface area contributed by atoms with E-state index in [2.05, 4.69) is 4.18 Å². The van der Waals surface area contributed by atoms with Crippen molar-refractivity contribution < 1.29 is 27.2 Å². The third-order valence-electron chi connectivity index (χ3n) is 2.79. The number of methoxy groups -OCH3 is 1. The zero-order chi connectivity index (χ0) is 14.0. The molecule has 1 aliphatic rings. The van der Waals surface area contributed by atoms with Crippen LogP contribution in [0.15, 0.2) is 24.3 Å². The van der Waals surface area contributed by atoms with E-state index in [9.17, 15) is 13.2 Å². The minimum atomic E-state index is -3.97. The number of hydrogen-bond acceptors (Lipinski definition) is 5. The van der Waals surface area contributed by atoms with Gasteiger partial charge in [-0.2, -0.15) is 12.7 Å². The van der Waals surface area contributed by atoms with Crippen molar-refractivity contribution >= 4 is 16.3 Å². The lowest BCUT2D eigenvalue weighted by Gasteiger charge is -2.17. The topological polar surface area (TPSA) is 93.1 Å². The van der Waals surface area contributed by atoms with Gasteiger partial charge in [0.05, 0.1) is 13.7 Å². The number of carbonyl (C=O) groups is 1. The summed E-state index contributed by atoms with van der Waals surface area (Å²) in [5.74, 6) is -0.589. The molecule has 1 heterocycles. The summed E-state index contributed by atoms with van der Waals surface area (Å²) >= 11 is 0. The highest BCUT2D eigenvalue weighted by atomic mass is 32.2. The standard InChI is InChI=1S/C11H13NO6S/c1-17-9-4-2-8(3-5-9)6-12-10(11(13)14)7-18-19(12,15)16/h2-5,10H,6-7H2,1H3,(H,13,14)/t10-/m0/s1. The minimum absolute atomic E-state index is 0.0523. The van der Waals surface area contributed by atoms with E-state index in [1.54, 1.807) is 24.3 Å². The summed E-state index contributed by atoms with van der Waals surface area (Å²) in [5.41, 5.74) is 0.654. The van der Waals surface area contributed by atoms with Gasteiger partial charge in [-0.05, 0) is 17.7 Å². The maximum absolute atomic E-state index is 11.6. The molecule has 1 saturated heterocycles. The molecule has 0 aromatic heterocycles. The second kappa shape index (κ2) is 5.16. The molecule has 1 aromatic carbocycles. The van der Waals surface area contributed by atoms with Gasteiger partial charge >= 0.3 is 16.3 Å². The van der Waals surface area contributed by atoms with E-state index in [-0.39, 0.29) is 13.2 Å². The predicted octanol–water partition coefficient (Wildman–Crippen LogP) is 0.225. The fourth-order valence-electron chi connectivity index (χ4n) is 1.75. The Labute approximate surface area is 110 Å². The minimum Gasteiger partial charge on any atom is -0.497 e. The number of aliphatic carboxylic acids is 1. The molecule has 1 fully saturated rings. The molecule has 104 valence electrons. The van der Waals surface area contributed by atoms with Crippen molar-refractivity contribution in [1.29, 1.82) is 0 Å². The van der Waals surface area contributed by atoms with Crippen LogP contribution in [0.4, 0.5) is 0 Å². The Morgan fingerprint density at radius 3 is 2.63 bits per heavy atom. The molecule has 2 rings (SSSR count). The van der Waals surface area contributed by atoms with Crippen LogP contribution in [0.25, 0.3) is 0 Å². The van der Waals surface area contributed by atoms with Crippen molar-refractivity contribution in [3.63, 3.8) is 0 Å². The van der Waals surface area contributed by atoms with Gasteiger partial charge in [0.1, 0.15) is 11.8 Å². The number of nitrogens with zero attached hydrogens (tertiary/aromatic N) is 1. The zero-order valence-electron chi connectivity index (χ0n) is 10.1. The SMILES string of the molecule is COc1ccc(CN2[C@H](C(=O)O)COS2(=O)=O)cc1. The second-order valence-electron chi connectivity index (χ2n) is 3.99. The van der Waals surface area contributed by atoms with E-state index in [0.29, 0.717) is 11.3 Å². The van der Waals surface area contributed by atoms with Gasteiger partial charge in [0.2, 0.25) is 0 Å². The van der Waals surface area contributed by atoms with Crippen molar-refractivity contribution in [2.45, 2.75) is 12.6 Å². The largest absolute Gasteiger partial charge is 0.497 e. The Morgan fingerprint density at radius 2 is 2.11 bits per heavy atom. The summed E-state index contributed by atoms with van der Waals surface area (Å²) in [4.78, 5) is 11.0. The molecule has 0 saturated carbocycles. The lowest BCUT2D eigenvalue weighted by molar-refractivity contribution is -0.141. The van der Waals surface area contributed by atoms with E-state index in [1.807, 2.05) is 0 Å². The zero-order valence-corrected chi connectivity index (χ0v) is 11.0. The number of hydrogen-bond donors (Lipinski definition) is 1. The predicted molar refractivity (Wildman–Crippen MR) is 64.8 cm³/mol. The summed E-state index contributed by atoms with van der Waals surface area (Å²) in [7, 11) is -2.45.